The molecule has 4 rings (SSSR count). The number of aromatic nitrogens is 1. The summed E-state index contributed by atoms with van der Waals surface area (Å²) >= 11 is 0. The Labute approximate surface area is 160 Å². The first-order valence-electron chi connectivity index (χ1n) is 9.29. The summed E-state index contributed by atoms with van der Waals surface area (Å²) in [6.45, 7) is 7.26. The lowest BCUT2D eigenvalue weighted by molar-refractivity contribution is 0.217. The van der Waals surface area contributed by atoms with Crippen molar-refractivity contribution in [2.24, 2.45) is 0 Å². The number of aromatic hydroxyl groups is 1. The fourth-order valence-electron chi connectivity index (χ4n) is 3.63. The van der Waals surface area contributed by atoms with Gasteiger partial charge in [0.25, 0.3) is 0 Å². The van der Waals surface area contributed by atoms with Crippen molar-refractivity contribution in [1.29, 1.82) is 0 Å². The second kappa shape index (κ2) is 7.41. The summed E-state index contributed by atoms with van der Waals surface area (Å²) in [7, 11) is 0. The monoisotopic (exact) mass is 360 g/mol. The SMILES string of the molecule is Cc1ccc(CN2CCOc3c(O)cc(-c4ccccn4)cc3C2)c(C)c1. The Kier molecular flexibility index (Phi) is 4.82. The first-order chi connectivity index (χ1) is 13.1. The van der Waals surface area contributed by atoms with E-state index < -0.39 is 0 Å². The largest absolute Gasteiger partial charge is 0.504 e. The van der Waals surface area contributed by atoms with E-state index in [0.29, 0.717) is 12.4 Å². The fraction of sp³-hybridized carbons (Fsp3) is 0.261. The standard InChI is InChI=1S/C23H24N2O2/c1-16-6-7-18(17(2)11-16)14-25-9-10-27-23-20(15-25)12-19(13-22(23)26)21-5-3-4-8-24-21/h3-8,11-13,26H,9-10,14-15H2,1-2H3. The molecule has 0 bridgehead atoms. The zero-order chi connectivity index (χ0) is 18.8. The minimum atomic E-state index is 0.182. The molecule has 0 amide bonds. The predicted molar refractivity (Wildman–Crippen MR) is 107 cm³/mol. The predicted octanol–water partition coefficient (Wildman–Crippen LogP) is 4.47. The molecule has 2 aromatic carbocycles. The highest BCUT2D eigenvalue weighted by Crippen LogP contribution is 2.37. The van der Waals surface area contributed by atoms with Crippen molar-refractivity contribution in [3.63, 3.8) is 0 Å². The molecule has 4 heteroatoms. The van der Waals surface area contributed by atoms with Crippen molar-refractivity contribution in [2.75, 3.05) is 13.2 Å². The molecule has 1 aliphatic rings. The van der Waals surface area contributed by atoms with Crippen LogP contribution in [0.25, 0.3) is 11.3 Å². The molecule has 0 unspecified atom stereocenters. The van der Waals surface area contributed by atoms with Gasteiger partial charge in [0.1, 0.15) is 6.61 Å². The van der Waals surface area contributed by atoms with E-state index in [0.717, 1.165) is 36.5 Å². The van der Waals surface area contributed by atoms with E-state index >= 15 is 0 Å². The summed E-state index contributed by atoms with van der Waals surface area (Å²) in [5.41, 5.74) is 6.67. The third kappa shape index (κ3) is 3.81. The molecule has 138 valence electrons. The number of rotatable bonds is 3. The maximum absolute atomic E-state index is 10.5. The molecule has 4 nitrogen and oxygen atoms in total. The number of fused-ring (bicyclic) bond motifs is 1. The molecule has 2 heterocycles. The molecule has 0 radical (unpaired) electrons. The topological polar surface area (TPSA) is 45.6 Å². The van der Waals surface area contributed by atoms with Gasteiger partial charge in [-0.3, -0.25) is 9.88 Å². The van der Waals surface area contributed by atoms with Crippen LogP contribution >= 0.6 is 0 Å². The van der Waals surface area contributed by atoms with E-state index in [4.69, 9.17) is 4.74 Å². The Balaban J connectivity index is 1.63. The summed E-state index contributed by atoms with van der Waals surface area (Å²) in [4.78, 5) is 6.77. The lowest BCUT2D eigenvalue weighted by Crippen LogP contribution is -2.25. The Morgan fingerprint density at radius 3 is 2.78 bits per heavy atom. The molecule has 3 aromatic rings. The van der Waals surface area contributed by atoms with Crippen LogP contribution in [-0.4, -0.2) is 28.1 Å². The maximum atomic E-state index is 10.5. The van der Waals surface area contributed by atoms with E-state index in [1.807, 2.05) is 18.2 Å². The van der Waals surface area contributed by atoms with Gasteiger partial charge in [-0.05, 0) is 49.2 Å². The third-order valence-electron chi connectivity index (χ3n) is 5.05. The van der Waals surface area contributed by atoms with Gasteiger partial charge in [-0.15, -0.1) is 0 Å². The van der Waals surface area contributed by atoms with Gasteiger partial charge >= 0.3 is 0 Å². The van der Waals surface area contributed by atoms with Crippen LogP contribution in [0.15, 0.2) is 54.7 Å². The van der Waals surface area contributed by atoms with Gasteiger partial charge in [0.2, 0.25) is 0 Å². The van der Waals surface area contributed by atoms with Gasteiger partial charge in [0, 0.05) is 37.0 Å². The molecule has 1 N–H and O–H groups in total. The Hall–Kier alpha value is -2.85. The van der Waals surface area contributed by atoms with E-state index in [9.17, 15) is 5.11 Å². The molecule has 27 heavy (non-hydrogen) atoms. The molecular formula is C23H24N2O2. The first-order valence-corrected chi connectivity index (χ1v) is 9.29. The highest BCUT2D eigenvalue weighted by molar-refractivity contribution is 5.66. The summed E-state index contributed by atoms with van der Waals surface area (Å²) in [5.74, 6) is 0.777. The molecule has 0 atom stereocenters. The van der Waals surface area contributed by atoms with Gasteiger partial charge < -0.3 is 9.84 Å². The number of pyridine rings is 1. The van der Waals surface area contributed by atoms with Crippen LogP contribution in [0.1, 0.15) is 22.3 Å². The van der Waals surface area contributed by atoms with E-state index in [-0.39, 0.29) is 5.75 Å². The lowest BCUT2D eigenvalue weighted by atomic mass is 10.0. The van der Waals surface area contributed by atoms with Crippen molar-refractivity contribution in [2.45, 2.75) is 26.9 Å². The number of hydrogen-bond donors (Lipinski definition) is 1. The minimum Gasteiger partial charge on any atom is -0.504 e. The molecule has 0 saturated heterocycles. The van der Waals surface area contributed by atoms with E-state index in [1.165, 1.54) is 16.7 Å². The van der Waals surface area contributed by atoms with Gasteiger partial charge in [0.05, 0.1) is 5.69 Å². The minimum absolute atomic E-state index is 0.182. The zero-order valence-corrected chi connectivity index (χ0v) is 15.8. The van der Waals surface area contributed by atoms with Crippen molar-refractivity contribution in [1.82, 2.24) is 9.88 Å². The third-order valence-corrected chi connectivity index (χ3v) is 5.05. The van der Waals surface area contributed by atoms with Crippen molar-refractivity contribution < 1.29 is 9.84 Å². The smallest absolute Gasteiger partial charge is 0.165 e. The average molecular weight is 360 g/mol. The van der Waals surface area contributed by atoms with E-state index in [1.54, 1.807) is 12.3 Å². The Bertz CT molecular complexity index is 954. The van der Waals surface area contributed by atoms with Crippen molar-refractivity contribution in [3.05, 3.63) is 77.0 Å². The highest BCUT2D eigenvalue weighted by atomic mass is 16.5. The van der Waals surface area contributed by atoms with E-state index in [2.05, 4.69) is 48.0 Å². The number of phenolic OH excluding ortho intramolecular Hbond substituents is 1. The zero-order valence-electron chi connectivity index (χ0n) is 15.8. The highest BCUT2D eigenvalue weighted by Gasteiger charge is 2.20. The van der Waals surface area contributed by atoms with Crippen molar-refractivity contribution in [3.8, 4) is 22.8 Å². The number of benzene rings is 2. The van der Waals surface area contributed by atoms with Gasteiger partial charge in [-0.2, -0.15) is 0 Å². The van der Waals surface area contributed by atoms with Crippen LogP contribution in [0.5, 0.6) is 11.5 Å². The second-order valence-corrected chi connectivity index (χ2v) is 7.19. The van der Waals surface area contributed by atoms with Crippen LogP contribution in [0, 0.1) is 13.8 Å². The summed E-state index contributed by atoms with van der Waals surface area (Å²) < 4.78 is 5.88. The summed E-state index contributed by atoms with van der Waals surface area (Å²) in [6, 6.07) is 16.2. The summed E-state index contributed by atoms with van der Waals surface area (Å²) in [6.07, 6.45) is 1.76. The molecule has 1 aliphatic heterocycles. The Morgan fingerprint density at radius 2 is 2.00 bits per heavy atom. The quantitative estimate of drug-likeness (QED) is 0.749. The fourth-order valence-corrected chi connectivity index (χ4v) is 3.63. The second-order valence-electron chi connectivity index (χ2n) is 7.19. The van der Waals surface area contributed by atoms with Gasteiger partial charge in [0.15, 0.2) is 11.5 Å². The molecule has 0 spiro atoms. The first kappa shape index (κ1) is 17.6. The van der Waals surface area contributed by atoms with Crippen LogP contribution in [0.4, 0.5) is 0 Å². The maximum Gasteiger partial charge on any atom is 0.165 e. The number of hydrogen-bond acceptors (Lipinski definition) is 4. The molecule has 1 aromatic heterocycles. The average Bonchev–Trinajstić information content (AvgIpc) is 2.87. The van der Waals surface area contributed by atoms with Crippen LogP contribution in [-0.2, 0) is 13.1 Å². The van der Waals surface area contributed by atoms with Crippen LogP contribution < -0.4 is 4.74 Å². The number of phenols is 1. The normalized spacial score (nSPS) is 14.3. The van der Waals surface area contributed by atoms with Crippen LogP contribution in [0.2, 0.25) is 0 Å². The number of aryl methyl sites for hydroxylation is 2. The number of ether oxygens (including phenoxy) is 1. The Morgan fingerprint density at radius 1 is 1.11 bits per heavy atom. The lowest BCUT2D eigenvalue weighted by Gasteiger charge is -2.21. The summed E-state index contributed by atoms with van der Waals surface area (Å²) in [5, 5.41) is 10.5. The number of nitrogens with zero attached hydrogens (tertiary/aromatic N) is 2. The van der Waals surface area contributed by atoms with Crippen molar-refractivity contribution >= 4 is 0 Å². The van der Waals surface area contributed by atoms with Gasteiger partial charge in [-0.25, -0.2) is 0 Å². The molecular weight excluding hydrogens is 336 g/mol. The van der Waals surface area contributed by atoms with Gasteiger partial charge in [-0.1, -0.05) is 29.8 Å². The van der Waals surface area contributed by atoms with Crippen LogP contribution in [0.3, 0.4) is 0 Å². The molecule has 0 fully saturated rings. The molecule has 0 aliphatic carbocycles. The molecule has 0 saturated carbocycles.